The molecule has 0 bridgehead atoms. The number of amides is 2. The smallest absolute Gasteiger partial charge is 0.309 e. The van der Waals surface area contributed by atoms with E-state index in [1.807, 2.05) is 41.5 Å². The Hall–Kier alpha value is -2.96. The van der Waals surface area contributed by atoms with E-state index in [9.17, 15) is 29.1 Å². The largest absolute Gasteiger partial charge is 0.457 e. The van der Waals surface area contributed by atoms with E-state index in [0.29, 0.717) is 37.8 Å². The lowest BCUT2D eigenvalue weighted by atomic mass is 9.44. The molecule has 12 heteroatoms. The first kappa shape index (κ1) is 41.2. The average Bonchev–Trinajstić information content (AvgIpc) is 3.67. The van der Waals surface area contributed by atoms with Crippen molar-refractivity contribution in [1.29, 1.82) is 0 Å². The molecule has 2 amide bonds. The number of nitrogens with one attached hydrogen (secondary N) is 2. The zero-order chi connectivity index (χ0) is 39.5. The number of likely N-dealkylation sites (tertiary alicyclic amines) is 1. The Labute approximate surface area is 314 Å². The van der Waals surface area contributed by atoms with E-state index in [2.05, 4.69) is 10.6 Å². The fraction of sp³-hybridized carbons (Fsp3) is 0.780. The highest BCUT2D eigenvalue weighted by Gasteiger charge is 2.76. The molecule has 5 rings (SSSR count). The summed E-state index contributed by atoms with van der Waals surface area (Å²) in [7, 11) is 3.20. The Morgan fingerprint density at radius 2 is 1.81 bits per heavy atom. The van der Waals surface area contributed by atoms with Crippen molar-refractivity contribution >= 4 is 29.4 Å². The highest BCUT2D eigenvalue weighted by atomic mass is 19.1. The van der Waals surface area contributed by atoms with Gasteiger partial charge < -0.3 is 30.1 Å². The minimum Gasteiger partial charge on any atom is -0.457 e. The Kier molecular flexibility index (Phi) is 11.4. The number of ketones is 2. The second kappa shape index (κ2) is 14.6. The van der Waals surface area contributed by atoms with Crippen LogP contribution in [-0.4, -0.2) is 103 Å². The summed E-state index contributed by atoms with van der Waals surface area (Å²) >= 11 is 0. The van der Waals surface area contributed by atoms with Crippen LogP contribution < -0.4 is 10.6 Å². The number of aliphatic hydroxyl groups excluding tert-OH is 1. The molecule has 11 nitrogen and oxygen atoms in total. The van der Waals surface area contributed by atoms with Crippen LogP contribution in [0.2, 0.25) is 0 Å². The predicted molar refractivity (Wildman–Crippen MR) is 197 cm³/mol. The molecule has 1 saturated heterocycles. The third kappa shape index (κ3) is 6.32. The fourth-order valence-corrected chi connectivity index (χ4v) is 11.2. The van der Waals surface area contributed by atoms with Crippen LogP contribution in [0.1, 0.15) is 93.9 Å². The van der Waals surface area contributed by atoms with Crippen LogP contribution >= 0.6 is 0 Å². The van der Waals surface area contributed by atoms with Gasteiger partial charge in [-0.3, -0.25) is 24.0 Å². The van der Waals surface area contributed by atoms with E-state index in [1.54, 1.807) is 31.9 Å². The molecule has 296 valence electrons. The molecule has 1 aliphatic heterocycles. The van der Waals surface area contributed by atoms with Crippen LogP contribution in [0.15, 0.2) is 23.8 Å². The molecule has 3 unspecified atom stereocenters. The molecule has 3 N–H and O–H groups in total. The molecule has 11 atom stereocenters. The van der Waals surface area contributed by atoms with Crippen molar-refractivity contribution in [3.05, 3.63) is 23.8 Å². The quantitative estimate of drug-likeness (QED) is 0.251. The summed E-state index contributed by atoms with van der Waals surface area (Å²) in [6.07, 6.45) is 5.76. The Bertz CT molecular complexity index is 1560. The van der Waals surface area contributed by atoms with Crippen LogP contribution in [0.4, 0.5) is 4.39 Å². The van der Waals surface area contributed by atoms with Gasteiger partial charge in [-0.05, 0) is 87.8 Å². The van der Waals surface area contributed by atoms with Gasteiger partial charge in [0.05, 0.1) is 18.1 Å². The van der Waals surface area contributed by atoms with E-state index >= 15 is 4.39 Å². The minimum absolute atomic E-state index is 0.0343. The molecule has 5 aliphatic rings. The van der Waals surface area contributed by atoms with Gasteiger partial charge in [0.15, 0.2) is 18.1 Å². The molecular formula is C41H62FN3O8. The van der Waals surface area contributed by atoms with E-state index in [1.165, 1.54) is 19.3 Å². The summed E-state index contributed by atoms with van der Waals surface area (Å²) in [6.45, 7) is 15.0. The van der Waals surface area contributed by atoms with Crippen molar-refractivity contribution in [2.24, 2.45) is 45.8 Å². The number of alkyl halides is 1. The normalized spacial score (nSPS) is 37.7. The summed E-state index contributed by atoms with van der Waals surface area (Å²) in [5, 5.41) is 17.8. The molecule has 53 heavy (non-hydrogen) atoms. The number of methoxy groups -OCH3 is 1. The Morgan fingerprint density at radius 1 is 1.13 bits per heavy atom. The molecule has 0 aromatic heterocycles. The van der Waals surface area contributed by atoms with Crippen molar-refractivity contribution in [2.75, 3.05) is 33.9 Å². The van der Waals surface area contributed by atoms with Gasteiger partial charge in [0.1, 0.15) is 11.6 Å². The first-order chi connectivity index (χ1) is 24.7. The molecule has 0 aromatic rings. The van der Waals surface area contributed by atoms with Crippen molar-refractivity contribution in [1.82, 2.24) is 15.5 Å². The number of halogens is 1. The molecule has 1 heterocycles. The standard InChI is InChI=1S/C41H62FN3O8/c1-23(2)33(43-9)35(50)45-17-11-12-30(45)34(49)44-22-37(5,6)25(4)36(51)53-21-32(48)41(52-10)24(3)18-29-28-14-13-26-19-27(46)15-16-38(26,7)40(28,42)31(47)20-39(29,41)8/h15-16,19,23-25,28-31,33,43,47H,11-14,17-18,20-22H2,1-10H3,(H,44,49)/t24-,25?,28+,29+,30?,31+,33?,38+,39+,40+,41+/m1/s1. The molecule has 4 fully saturated rings. The van der Waals surface area contributed by atoms with E-state index in [4.69, 9.17) is 9.47 Å². The predicted octanol–water partition coefficient (Wildman–Crippen LogP) is 4.11. The van der Waals surface area contributed by atoms with Gasteiger partial charge in [0, 0.05) is 36.9 Å². The molecular weight excluding hydrogens is 681 g/mol. The summed E-state index contributed by atoms with van der Waals surface area (Å²) in [5.41, 5.74) is -5.65. The van der Waals surface area contributed by atoms with Crippen LogP contribution in [0.3, 0.4) is 0 Å². The number of esters is 1. The highest BCUT2D eigenvalue weighted by molar-refractivity contribution is 6.01. The van der Waals surface area contributed by atoms with Crippen LogP contribution in [0, 0.1) is 45.8 Å². The second-order valence-corrected chi connectivity index (χ2v) is 18.0. The van der Waals surface area contributed by atoms with Crippen molar-refractivity contribution in [3.8, 4) is 0 Å². The van der Waals surface area contributed by atoms with E-state index in [-0.39, 0.29) is 54.4 Å². The van der Waals surface area contributed by atoms with Gasteiger partial charge in [-0.1, -0.05) is 60.1 Å². The van der Waals surface area contributed by atoms with E-state index in [0.717, 1.165) is 6.42 Å². The third-order valence-corrected chi connectivity index (χ3v) is 14.6. The summed E-state index contributed by atoms with van der Waals surface area (Å²) in [6, 6.07) is -0.977. The van der Waals surface area contributed by atoms with Crippen molar-refractivity contribution in [3.63, 3.8) is 0 Å². The number of fused-ring (bicyclic) bond motifs is 5. The average molecular weight is 744 g/mol. The molecule has 0 spiro atoms. The van der Waals surface area contributed by atoms with E-state index < -0.39 is 69.9 Å². The number of carbonyl (C=O) groups is 5. The first-order valence-electron chi connectivity index (χ1n) is 19.5. The van der Waals surface area contributed by atoms with Crippen LogP contribution in [-0.2, 0) is 33.4 Å². The number of Topliss-reactive ketones (excluding diaryl/α,β-unsaturated/α-hetero) is 1. The maximum atomic E-state index is 17.6. The number of hydrogen-bond acceptors (Lipinski definition) is 9. The van der Waals surface area contributed by atoms with Gasteiger partial charge in [-0.25, -0.2) is 4.39 Å². The van der Waals surface area contributed by atoms with Gasteiger partial charge in [0.2, 0.25) is 17.6 Å². The number of hydrogen-bond donors (Lipinski definition) is 3. The molecule has 0 radical (unpaired) electrons. The van der Waals surface area contributed by atoms with Gasteiger partial charge in [-0.15, -0.1) is 0 Å². The van der Waals surface area contributed by atoms with Gasteiger partial charge >= 0.3 is 5.97 Å². The maximum Gasteiger partial charge on any atom is 0.309 e. The summed E-state index contributed by atoms with van der Waals surface area (Å²) < 4.78 is 29.5. The van der Waals surface area contributed by atoms with Gasteiger partial charge in [-0.2, -0.15) is 0 Å². The number of likely N-dealkylation sites (N-methyl/N-ethyl adjacent to an activating group) is 1. The number of ether oxygens (including phenoxy) is 2. The SMILES string of the molecule is CNC(C(=O)N1CCCC1C(=O)NCC(C)(C)C(C)C(=O)OCC(=O)[C@@]1(OC)[C@H](C)C[C@H]2[C@@H]3CCC4=CC(=O)C=C[C@]4(C)[C@@]3(F)[C@@H](O)C[C@@]21C)C(C)C. The second-order valence-electron chi connectivity index (χ2n) is 18.0. The van der Waals surface area contributed by atoms with Crippen molar-refractivity contribution in [2.45, 2.75) is 123 Å². The zero-order valence-electron chi connectivity index (χ0n) is 33.3. The van der Waals surface area contributed by atoms with Crippen LogP contribution in [0.5, 0.6) is 0 Å². The van der Waals surface area contributed by atoms with Crippen LogP contribution in [0.25, 0.3) is 0 Å². The van der Waals surface area contributed by atoms with Gasteiger partial charge in [0.25, 0.3) is 0 Å². The topological polar surface area (TPSA) is 151 Å². The number of rotatable bonds is 12. The number of aliphatic hydroxyl groups is 1. The lowest BCUT2D eigenvalue weighted by Gasteiger charge is -2.63. The first-order valence-corrected chi connectivity index (χ1v) is 19.5. The Balaban J connectivity index is 1.25. The summed E-state index contributed by atoms with van der Waals surface area (Å²) in [4.78, 5) is 68.3. The fourth-order valence-electron chi connectivity index (χ4n) is 11.2. The minimum atomic E-state index is -2.04. The molecule has 0 aromatic carbocycles. The number of nitrogens with zero attached hydrogens (tertiary/aromatic N) is 1. The molecule has 4 aliphatic carbocycles. The maximum absolute atomic E-state index is 17.6. The monoisotopic (exact) mass is 743 g/mol. The van der Waals surface area contributed by atoms with Crippen molar-refractivity contribution < 1.29 is 42.9 Å². The highest BCUT2D eigenvalue weighted by Crippen LogP contribution is 2.71. The molecule has 3 saturated carbocycles. The lowest BCUT2D eigenvalue weighted by Crippen LogP contribution is -2.69. The zero-order valence-corrected chi connectivity index (χ0v) is 33.3. The lowest BCUT2D eigenvalue weighted by molar-refractivity contribution is -0.225. The number of allylic oxidation sites excluding steroid dienone is 4. The third-order valence-electron chi connectivity index (χ3n) is 14.6. The number of carbonyl (C=O) groups excluding carboxylic acids is 5. The Morgan fingerprint density at radius 3 is 2.43 bits per heavy atom. The summed E-state index contributed by atoms with van der Waals surface area (Å²) in [5.74, 6) is -3.48.